The van der Waals surface area contributed by atoms with Crippen LogP contribution in [-0.4, -0.2) is 60.3 Å². The third-order valence-electron chi connectivity index (χ3n) is 8.10. The molecule has 0 spiro atoms. The molecule has 3 atom stereocenters. The van der Waals surface area contributed by atoms with Crippen LogP contribution in [0.15, 0.2) is 78.9 Å². The van der Waals surface area contributed by atoms with Gasteiger partial charge in [0.05, 0.1) is 0 Å². The van der Waals surface area contributed by atoms with E-state index >= 15 is 0 Å². The highest BCUT2D eigenvalue weighted by molar-refractivity contribution is 5.84. The van der Waals surface area contributed by atoms with Crippen LogP contribution in [0, 0.1) is 5.92 Å². The summed E-state index contributed by atoms with van der Waals surface area (Å²) in [6.45, 7) is 1.05. The maximum atomic E-state index is 12.7. The molecule has 1 saturated carbocycles. The summed E-state index contributed by atoms with van der Waals surface area (Å²) in [4.78, 5) is 39.1. The number of fused-ring (bicyclic) bond motifs is 3. The van der Waals surface area contributed by atoms with Gasteiger partial charge in [-0.25, -0.2) is 9.59 Å². The Balaban J connectivity index is 1.06. The molecular formula is C33H37N3O5. The second-order valence-corrected chi connectivity index (χ2v) is 11.2. The monoisotopic (exact) mass is 555 g/mol. The number of carbonyl (C=O) groups excluding carboxylic acids is 2. The second kappa shape index (κ2) is 13.0. The van der Waals surface area contributed by atoms with Gasteiger partial charge in [-0.05, 0) is 60.0 Å². The number of hydrogen-bond donors (Lipinski definition) is 3. The maximum Gasteiger partial charge on any atom is 0.407 e. The predicted molar refractivity (Wildman–Crippen MR) is 156 cm³/mol. The van der Waals surface area contributed by atoms with Gasteiger partial charge < -0.3 is 20.5 Å². The Morgan fingerprint density at radius 2 is 1.56 bits per heavy atom. The molecule has 5 rings (SSSR count). The summed E-state index contributed by atoms with van der Waals surface area (Å²) in [6, 6.07) is 25.2. The minimum atomic E-state index is -1.06. The molecule has 0 heterocycles. The van der Waals surface area contributed by atoms with Crippen LogP contribution in [0.25, 0.3) is 11.1 Å². The van der Waals surface area contributed by atoms with E-state index in [9.17, 15) is 19.5 Å². The first-order valence-electron chi connectivity index (χ1n) is 14.2. The maximum absolute atomic E-state index is 12.7. The van der Waals surface area contributed by atoms with E-state index < -0.39 is 18.1 Å². The molecule has 0 bridgehead atoms. The number of ether oxygens (including phenoxy) is 1. The Labute approximate surface area is 240 Å². The van der Waals surface area contributed by atoms with Crippen LogP contribution < -0.4 is 10.6 Å². The van der Waals surface area contributed by atoms with Gasteiger partial charge in [-0.1, -0.05) is 78.9 Å². The second-order valence-electron chi connectivity index (χ2n) is 11.2. The van der Waals surface area contributed by atoms with Gasteiger partial charge in [-0.3, -0.25) is 9.69 Å². The quantitative estimate of drug-likeness (QED) is 0.314. The summed E-state index contributed by atoms with van der Waals surface area (Å²) in [5.41, 5.74) is 5.77. The number of nitrogens with zero attached hydrogens (tertiary/aromatic N) is 1. The summed E-state index contributed by atoms with van der Waals surface area (Å²) in [7, 11) is 1.84. The van der Waals surface area contributed by atoms with E-state index in [1.807, 2.05) is 66.5 Å². The minimum absolute atomic E-state index is 0.00194. The zero-order valence-electron chi connectivity index (χ0n) is 23.3. The molecule has 0 aromatic heterocycles. The molecule has 2 aliphatic rings. The number of benzene rings is 3. The number of hydrogen-bond acceptors (Lipinski definition) is 5. The molecule has 2 amide bonds. The number of carboxylic acid groups (broad SMARTS) is 1. The van der Waals surface area contributed by atoms with E-state index in [-0.39, 0.29) is 43.4 Å². The molecule has 3 N–H and O–H groups in total. The SMILES string of the molecule is CN(Cc1ccccc1)CC(NC(=O)C[C@H]1CC[C@@H](NC(=O)OCC2c3ccccc3-c3ccccc32)C1)C(=O)O. The van der Waals surface area contributed by atoms with Crippen LogP contribution in [0.3, 0.4) is 0 Å². The van der Waals surface area contributed by atoms with Gasteiger partial charge >= 0.3 is 12.1 Å². The molecule has 214 valence electrons. The average molecular weight is 556 g/mol. The fourth-order valence-electron chi connectivity index (χ4n) is 6.17. The summed E-state index contributed by atoms with van der Waals surface area (Å²) < 4.78 is 5.68. The highest BCUT2D eigenvalue weighted by atomic mass is 16.5. The molecule has 41 heavy (non-hydrogen) atoms. The van der Waals surface area contributed by atoms with Crippen molar-refractivity contribution in [1.29, 1.82) is 0 Å². The van der Waals surface area contributed by atoms with Crippen molar-refractivity contribution in [2.75, 3.05) is 20.2 Å². The van der Waals surface area contributed by atoms with E-state index in [1.54, 1.807) is 0 Å². The zero-order chi connectivity index (χ0) is 28.8. The first-order chi connectivity index (χ1) is 19.9. The molecule has 1 unspecified atom stereocenters. The number of carboxylic acids is 1. The highest BCUT2D eigenvalue weighted by Gasteiger charge is 2.32. The van der Waals surface area contributed by atoms with Crippen molar-refractivity contribution in [2.24, 2.45) is 5.92 Å². The number of carbonyl (C=O) groups is 3. The van der Waals surface area contributed by atoms with Crippen LogP contribution in [0.1, 0.15) is 48.3 Å². The molecule has 2 aliphatic carbocycles. The van der Waals surface area contributed by atoms with Crippen molar-refractivity contribution >= 4 is 18.0 Å². The van der Waals surface area contributed by atoms with Gasteiger partial charge in [0.25, 0.3) is 0 Å². The topological polar surface area (TPSA) is 108 Å². The summed E-state index contributed by atoms with van der Waals surface area (Å²) in [5, 5.41) is 15.3. The van der Waals surface area contributed by atoms with Gasteiger partial charge in [-0.15, -0.1) is 0 Å². The Morgan fingerprint density at radius 1 is 0.927 bits per heavy atom. The van der Waals surface area contributed by atoms with Crippen molar-refractivity contribution in [3.05, 3.63) is 95.6 Å². The van der Waals surface area contributed by atoms with E-state index in [0.29, 0.717) is 13.0 Å². The van der Waals surface area contributed by atoms with Crippen molar-refractivity contribution in [3.63, 3.8) is 0 Å². The molecule has 1 fully saturated rings. The van der Waals surface area contributed by atoms with Gasteiger partial charge in [0.1, 0.15) is 12.6 Å². The minimum Gasteiger partial charge on any atom is -0.480 e. The smallest absolute Gasteiger partial charge is 0.407 e. The summed E-state index contributed by atoms with van der Waals surface area (Å²) in [5.74, 6) is -1.26. The molecular weight excluding hydrogens is 518 g/mol. The van der Waals surface area contributed by atoms with E-state index in [0.717, 1.165) is 18.4 Å². The van der Waals surface area contributed by atoms with Crippen LogP contribution in [0.2, 0.25) is 0 Å². The lowest BCUT2D eigenvalue weighted by molar-refractivity contribution is -0.142. The third kappa shape index (κ3) is 7.13. The van der Waals surface area contributed by atoms with Gasteiger partial charge in [-0.2, -0.15) is 0 Å². The van der Waals surface area contributed by atoms with E-state index in [2.05, 4.69) is 34.9 Å². The number of nitrogens with one attached hydrogen (secondary N) is 2. The van der Waals surface area contributed by atoms with Crippen molar-refractivity contribution in [3.8, 4) is 11.1 Å². The van der Waals surface area contributed by atoms with E-state index in [1.165, 1.54) is 22.3 Å². The molecule has 0 radical (unpaired) electrons. The lowest BCUT2D eigenvalue weighted by atomic mass is 9.98. The van der Waals surface area contributed by atoms with Gasteiger partial charge in [0.15, 0.2) is 0 Å². The van der Waals surface area contributed by atoms with Crippen molar-refractivity contribution in [1.82, 2.24) is 15.5 Å². The lowest BCUT2D eigenvalue weighted by Gasteiger charge is -2.23. The number of alkyl carbamates (subject to hydrolysis) is 1. The number of rotatable bonds is 11. The molecule has 3 aromatic carbocycles. The third-order valence-corrected chi connectivity index (χ3v) is 8.10. The fourth-order valence-corrected chi connectivity index (χ4v) is 6.17. The normalized spacial score (nSPS) is 18.4. The van der Waals surface area contributed by atoms with Gasteiger partial charge in [0.2, 0.25) is 5.91 Å². The van der Waals surface area contributed by atoms with Crippen LogP contribution >= 0.6 is 0 Å². The van der Waals surface area contributed by atoms with Crippen LogP contribution in [0.4, 0.5) is 4.79 Å². The Hall–Kier alpha value is -4.17. The first-order valence-corrected chi connectivity index (χ1v) is 14.2. The van der Waals surface area contributed by atoms with Crippen LogP contribution in [0.5, 0.6) is 0 Å². The number of aliphatic carboxylic acids is 1. The summed E-state index contributed by atoms with van der Waals surface area (Å²) >= 11 is 0. The molecule has 0 saturated heterocycles. The zero-order valence-corrected chi connectivity index (χ0v) is 23.3. The van der Waals surface area contributed by atoms with E-state index in [4.69, 9.17) is 4.74 Å². The first kappa shape index (κ1) is 28.4. The fraction of sp³-hybridized carbons (Fsp3) is 0.364. The Kier molecular flexibility index (Phi) is 8.99. The number of likely N-dealkylation sites (N-methyl/N-ethyl adjacent to an activating group) is 1. The summed E-state index contributed by atoms with van der Waals surface area (Å²) in [6.07, 6.45) is 1.98. The van der Waals surface area contributed by atoms with Crippen molar-refractivity contribution < 1.29 is 24.2 Å². The predicted octanol–water partition coefficient (Wildman–Crippen LogP) is 4.79. The highest BCUT2D eigenvalue weighted by Crippen LogP contribution is 2.44. The Bertz CT molecular complexity index is 1330. The molecule has 8 heteroatoms. The van der Waals surface area contributed by atoms with Crippen LogP contribution in [-0.2, 0) is 20.9 Å². The van der Waals surface area contributed by atoms with Crippen molar-refractivity contribution in [2.45, 2.75) is 50.2 Å². The average Bonchev–Trinajstić information content (AvgIpc) is 3.53. The lowest BCUT2D eigenvalue weighted by Crippen LogP contribution is -2.47. The Morgan fingerprint density at radius 3 is 2.22 bits per heavy atom. The molecule has 8 nitrogen and oxygen atoms in total. The van der Waals surface area contributed by atoms with Gasteiger partial charge in [0, 0.05) is 31.5 Å². The largest absolute Gasteiger partial charge is 0.480 e. The number of amides is 2. The standard InChI is InChI=1S/C33H37N3O5/c1-36(19-22-9-3-2-4-10-22)20-30(32(38)39)35-31(37)18-23-15-16-24(17-23)34-33(40)41-21-29-27-13-7-5-11-25(27)26-12-6-8-14-28(26)29/h2-14,23-24,29-30H,15-21H2,1H3,(H,34,40)(H,35,37)(H,38,39)/t23-,24+,30?/m0/s1. The molecule has 0 aliphatic heterocycles. The molecule has 3 aromatic rings.